The van der Waals surface area contributed by atoms with E-state index in [0.717, 1.165) is 36.6 Å². The van der Waals surface area contributed by atoms with E-state index in [2.05, 4.69) is 5.32 Å². The van der Waals surface area contributed by atoms with Crippen LogP contribution in [0.25, 0.3) is 0 Å². The quantitative estimate of drug-likeness (QED) is 0.807. The van der Waals surface area contributed by atoms with Crippen LogP contribution >= 0.6 is 0 Å². The van der Waals surface area contributed by atoms with Gasteiger partial charge in [0.25, 0.3) is 5.91 Å². The minimum Gasteiger partial charge on any atom is -0.493 e. The summed E-state index contributed by atoms with van der Waals surface area (Å²) in [6.07, 6.45) is 1.95. The van der Waals surface area contributed by atoms with Gasteiger partial charge in [0.1, 0.15) is 13.2 Å². The molecule has 4 rings (SSSR count). The van der Waals surface area contributed by atoms with E-state index >= 15 is 0 Å². The summed E-state index contributed by atoms with van der Waals surface area (Å²) >= 11 is 0. The lowest BCUT2D eigenvalue weighted by Gasteiger charge is -2.34. The van der Waals surface area contributed by atoms with Crippen molar-refractivity contribution in [2.75, 3.05) is 45.3 Å². The SMILES string of the molecule is COc1ccccc1OCC(=O)N1CCC[C@H](Nc2ccc3c(c2)OCCO3)C1. The molecule has 2 aromatic rings. The first-order chi connectivity index (χ1) is 14.2. The van der Waals surface area contributed by atoms with Gasteiger partial charge in [-0.3, -0.25) is 4.79 Å². The normalized spacial score (nSPS) is 18.1. The van der Waals surface area contributed by atoms with Crippen LogP contribution in [0.1, 0.15) is 12.8 Å². The largest absolute Gasteiger partial charge is 0.493 e. The average molecular weight is 398 g/mol. The van der Waals surface area contributed by atoms with Crippen molar-refractivity contribution in [3.8, 4) is 23.0 Å². The van der Waals surface area contributed by atoms with Gasteiger partial charge in [0, 0.05) is 30.9 Å². The monoisotopic (exact) mass is 398 g/mol. The second-order valence-corrected chi connectivity index (χ2v) is 7.12. The summed E-state index contributed by atoms with van der Waals surface area (Å²) in [6, 6.07) is 13.4. The highest BCUT2D eigenvalue weighted by Gasteiger charge is 2.24. The van der Waals surface area contributed by atoms with Crippen molar-refractivity contribution in [1.82, 2.24) is 4.90 Å². The van der Waals surface area contributed by atoms with Crippen molar-refractivity contribution in [2.24, 2.45) is 0 Å². The van der Waals surface area contributed by atoms with Crippen LogP contribution in [0.3, 0.4) is 0 Å². The third-order valence-electron chi connectivity index (χ3n) is 5.11. The zero-order valence-corrected chi connectivity index (χ0v) is 16.6. The van der Waals surface area contributed by atoms with E-state index in [9.17, 15) is 4.79 Å². The molecule has 1 saturated heterocycles. The fraction of sp³-hybridized carbons (Fsp3) is 0.409. The third kappa shape index (κ3) is 4.67. The predicted octanol–water partition coefficient (Wildman–Crippen LogP) is 2.95. The number of amides is 1. The number of para-hydroxylation sites is 2. The highest BCUT2D eigenvalue weighted by molar-refractivity contribution is 5.78. The zero-order chi connectivity index (χ0) is 20.1. The fourth-order valence-electron chi connectivity index (χ4n) is 3.66. The molecule has 154 valence electrons. The third-order valence-corrected chi connectivity index (χ3v) is 5.11. The Morgan fingerprint density at radius 3 is 2.76 bits per heavy atom. The smallest absolute Gasteiger partial charge is 0.260 e. The van der Waals surface area contributed by atoms with Gasteiger partial charge in [-0.1, -0.05) is 12.1 Å². The molecule has 1 amide bonds. The number of hydrogen-bond acceptors (Lipinski definition) is 6. The van der Waals surface area contributed by atoms with Crippen molar-refractivity contribution in [2.45, 2.75) is 18.9 Å². The second-order valence-electron chi connectivity index (χ2n) is 7.12. The summed E-state index contributed by atoms with van der Waals surface area (Å²) in [5.74, 6) is 2.71. The van der Waals surface area contributed by atoms with E-state index < -0.39 is 0 Å². The number of nitrogens with zero attached hydrogens (tertiary/aromatic N) is 1. The van der Waals surface area contributed by atoms with E-state index in [4.69, 9.17) is 18.9 Å². The molecule has 1 atom stereocenters. The lowest BCUT2D eigenvalue weighted by molar-refractivity contribution is -0.134. The molecule has 0 spiro atoms. The number of carbonyl (C=O) groups excluding carboxylic acids is 1. The number of likely N-dealkylation sites (tertiary alicyclic amines) is 1. The summed E-state index contributed by atoms with van der Waals surface area (Å²) in [7, 11) is 1.59. The number of nitrogens with one attached hydrogen (secondary N) is 1. The van der Waals surface area contributed by atoms with Crippen molar-refractivity contribution >= 4 is 11.6 Å². The van der Waals surface area contributed by atoms with E-state index in [0.29, 0.717) is 31.3 Å². The van der Waals surface area contributed by atoms with Gasteiger partial charge in [0.2, 0.25) is 0 Å². The molecule has 29 heavy (non-hydrogen) atoms. The molecule has 0 aromatic heterocycles. The Bertz CT molecular complexity index is 857. The maximum absolute atomic E-state index is 12.7. The fourth-order valence-corrected chi connectivity index (χ4v) is 3.66. The lowest BCUT2D eigenvalue weighted by atomic mass is 10.1. The molecule has 2 heterocycles. The molecule has 7 heteroatoms. The molecule has 0 unspecified atom stereocenters. The van der Waals surface area contributed by atoms with Gasteiger partial charge in [-0.05, 0) is 37.1 Å². The van der Waals surface area contributed by atoms with Crippen LogP contribution in [0, 0.1) is 0 Å². The number of hydrogen-bond donors (Lipinski definition) is 1. The minimum atomic E-state index is -0.0235. The Morgan fingerprint density at radius 1 is 1.14 bits per heavy atom. The molecular weight excluding hydrogens is 372 g/mol. The number of benzene rings is 2. The Kier molecular flexibility index (Phi) is 5.93. The van der Waals surface area contributed by atoms with Gasteiger partial charge in [0.15, 0.2) is 29.6 Å². The number of methoxy groups -OCH3 is 1. The number of ether oxygens (including phenoxy) is 4. The van der Waals surface area contributed by atoms with Crippen LogP contribution in [-0.2, 0) is 4.79 Å². The van der Waals surface area contributed by atoms with Gasteiger partial charge in [-0.2, -0.15) is 0 Å². The Labute approximate surface area is 170 Å². The van der Waals surface area contributed by atoms with Gasteiger partial charge in [0.05, 0.1) is 7.11 Å². The van der Waals surface area contributed by atoms with Crippen molar-refractivity contribution in [1.29, 1.82) is 0 Å². The zero-order valence-electron chi connectivity index (χ0n) is 16.6. The van der Waals surface area contributed by atoms with Gasteiger partial charge in [-0.25, -0.2) is 0 Å². The highest BCUT2D eigenvalue weighted by Crippen LogP contribution is 2.33. The van der Waals surface area contributed by atoms with Gasteiger partial charge in [-0.15, -0.1) is 0 Å². The molecule has 7 nitrogen and oxygen atoms in total. The molecule has 0 bridgehead atoms. The lowest BCUT2D eigenvalue weighted by Crippen LogP contribution is -2.46. The van der Waals surface area contributed by atoms with E-state index in [1.807, 2.05) is 41.3 Å². The van der Waals surface area contributed by atoms with Crippen LogP contribution in [0.2, 0.25) is 0 Å². The number of rotatable bonds is 6. The first-order valence-corrected chi connectivity index (χ1v) is 9.93. The van der Waals surface area contributed by atoms with Crippen LogP contribution in [0.5, 0.6) is 23.0 Å². The Morgan fingerprint density at radius 2 is 1.93 bits per heavy atom. The number of fused-ring (bicyclic) bond motifs is 1. The summed E-state index contributed by atoms with van der Waals surface area (Å²) in [5, 5.41) is 3.52. The van der Waals surface area contributed by atoms with E-state index in [1.54, 1.807) is 13.2 Å². The Hall–Kier alpha value is -3.09. The molecule has 2 aliphatic rings. The molecule has 0 aliphatic carbocycles. The van der Waals surface area contributed by atoms with Crippen LogP contribution in [0.15, 0.2) is 42.5 Å². The van der Waals surface area contributed by atoms with Crippen molar-refractivity contribution in [3.05, 3.63) is 42.5 Å². The summed E-state index contributed by atoms with van der Waals surface area (Å²) < 4.78 is 22.2. The average Bonchev–Trinajstić information content (AvgIpc) is 2.77. The molecular formula is C22H26N2O5. The first kappa shape index (κ1) is 19.2. The number of anilines is 1. The van der Waals surface area contributed by atoms with Crippen LogP contribution in [0.4, 0.5) is 5.69 Å². The van der Waals surface area contributed by atoms with Gasteiger partial charge >= 0.3 is 0 Å². The molecule has 0 saturated carbocycles. The Balaban J connectivity index is 1.32. The number of piperidine rings is 1. The van der Waals surface area contributed by atoms with Crippen LogP contribution in [-0.4, -0.2) is 56.9 Å². The minimum absolute atomic E-state index is 0.00286. The first-order valence-electron chi connectivity index (χ1n) is 9.93. The summed E-state index contributed by atoms with van der Waals surface area (Å²) in [6.45, 7) is 2.53. The van der Waals surface area contributed by atoms with Gasteiger partial charge < -0.3 is 29.2 Å². The molecule has 2 aromatic carbocycles. The number of carbonyl (C=O) groups is 1. The summed E-state index contributed by atoms with van der Waals surface area (Å²) in [5.41, 5.74) is 0.971. The molecule has 2 aliphatic heterocycles. The molecule has 1 N–H and O–H groups in total. The van der Waals surface area contributed by atoms with Crippen molar-refractivity contribution in [3.63, 3.8) is 0 Å². The predicted molar refractivity (Wildman–Crippen MR) is 109 cm³/mol. The summed E-state index contributed by atoms with van der Waals surface area (Å²) in [4.78, 5) is 14.5. The standard InChI is InChI=1S/C22H26N2O5/c1-26-18-6-2-3-7-19(18)29-15-22(25)24-10-4-5-17(14-24)23-16-8-9-20-21(13-16)28-12-11-27-20/h2-3,6-9,13,17,23H,4-5,10-12,14-15H2,1H3/t17-/m0/s1. The molecule has 1 fully saturated rings. The van der Waals surface area contributed by atoms with E-state index in [1.165, 1.54) is 0 Å². The maximum atomic E-state index is 12.7. The second kappa shape index (κ2) is 8.94. The van der Waals surface area contributed by atoms with Crippen molar-refractivity contribution < 1.29 is 23.7 Å². The molecule has 0 radical (unpaired) electrons. The topological polar surface area (TPSA) is 69.3 Å². The highest BCUT2D eigenvalue weighted by atomic mass is 16.6. The van der Waals surface area contributed by atoms with E-state index in [-0.39, 0.29) is 18.6 Å². The van der Waals surface area contributed by atoms with Crippen LogP contribution < -0.4 is 24.3 Å². The maximum Gasteiger partial charge on any atom is 0.260 e.